The van der Waals surface area contributed by atoms with Crippen LogP contribution < -0.4 is 4.74 Å². The third-order valence-electron chi connectivity index (χ3n) is 2.44. The Morgan fingerprint density at radius 3 is 2.50 bits per heavy atom. The van der Waals surface area contributed by atoms with Gasteiger partial charge in [0.15, 0.2) is 0 Å². The van der Waals surface area contributed by atoms with Crippen LogP contribution in [0.1, 0.15) is 32.1 Å². The molecule has 1 rings (SSSR count). The molecule has 16 heavy (non-hydrogen) atoms. The van der Waals surface area contributed by atoms with Gasteiger partial charge in [0.25, 0.3) is 0 Å². The summed E-state index contributed by atoms with van der Waals surface area (Å²) >= 11 is 0. The Hall–Kier alpha value is -1.02. The van der Waals surface area contributed by atoms with E-state index in [-0.39, 0.29) is 0 Å². The molecule has 89 valence electrons. The molecule has 0 aromatic heterocycles. The van der Waals surface area contributed by atoms with Crippen molar-refractivity contribution >= 4 is 0 Å². The van der Waals surface area contributed by atoms with Crippen LogP contribution in [-0.4, -0.2) is 20.3 Å². The van der Waals surface area contributed by atoms with Gasteiger partial charge < -0.3 is 9.47 Å². The van der Waals surface area contributed by atoms with Crippen molar-refractivity contribution in [2.75, 3.05) is 20.3 Å². The van der Waals surface area contributed by atoms with Gasteiger partial charge in [-0.1, -0.05) is 31.4 Å². The molecule has 0 atom stereocenters. The molecule has 0 fully saturated rings. The van der Waals surface area contributed by atoms with Gasteiger partial charge in [0.05, 0.1) is 6.61 Å². The van der Waals surface area contributed by atoms with Gasteiger partial charge in [-0.05, 0) is 31.0 Å². The number of methoxy groups -OCH3 is 1. The molecule has 0 bridgehead atoms. The van der Waals surface area contributed by atoms with E-state index in [1.807, 2.05) is 24.3 Å². The van der Waals surface area contributed by atoms with Crippen LogP contribution in [0.25, 0.3) is 0 Å². The van der Waals surface area contributed by atoms with Crippen LogP contribution in [0.5, 0.6) is 5.75 Å². The summed E-state index contributed by atoms with van der Waals surface area (Å²) in [6.07, 6.45) is 6.06. The van der Waals surface area contributed by atoms with Gasteiger partial charge in [0.2, 0.25) is 0 Å². The first-order chi connectivity index (χ1) is 7.93. The zero-order valence-corrected chi connectivity index (χ0v) is 10.1. The number of hydrogen-bond donors (Lipinski definition) is 0. The lowest BCUT2D eigenvalue weighted by Gasteiger charge is -2.05. The molecular weight excluding hydrogens is 200 g/mol. The summed E-state index contributed by atoms with van der Waals surface area (Å²) in [5.74, 6) is 0.918. The van der Waals surface area contributed by atoms with E-state index < -0.39 is 0 Å². The maximum absolute atomic E-state index is 5.58. The van der Waals surface area contributed by atoms with Gasteiger partial charge in [0.1, 0.15) is 5.75 Å². The van der Waals surface area contributed by atoms with Crippen LogP contribution in [0, 0.1) is 6.07 Å². The molecule has 0 heterocycles. The lowest BCUT2D eigenvalue weighted by Crippen LogP contribution is -1.97. The molecule has 0 spiro atoms. The number of hydrogen-bond acceptors (Lipinski definition) is 2. The summed E-state index contributed by atoms with van der Waals surface area (Å²) in [6, 6.07) is 10.7. The van der Waals surface area contributed by atoms with Crippen molar-refractivity contribution in [1.29, 1.82) is 0 Å². The van der Waals surface area contributed by atoms with Gasteiger partial charge in [-0.2, -0.15) is 0 Å². The van der Waals surface area contributed by atoms with Crippen LogP contribution in [0.2, 0.25) is 0 Å². The Morgan fingerprint density at radius 2 is 1.81 bits per heavy atom. The summed E-state index contributed by atoms with van der Waals surface area (Å²) in [6.45, 7) is 1.69. The van der Waals surface area contributed by atoms with Crippen molar-refractivity contribution < 1.29 is 9.47 Å². The number of rotatable bonds is 9. The van der Waals surface area contributed by atoms with Gasteiger partial charge in [-0.3, -0.25) is 0 Å². The molecule has 0 saturated heterocycles. The third-order valence-corrected chi connectivity index (χ3v) is 2.44. The molecule has 1 radical (unpaired) electrons. The van der Waals surface area contributed by atoms with Gasteiger partial charge in [-0.25, -0.2) is 0 Å². The summed E-state index contributed by atoms with van der Waals surface area (Å²) in [5, 5.41) is 0. The minimum Gasteiger partial charge on any atom is -0.494 e. The van der Waals surface area contributed by atoms with Crippen LogP contribution in [0.15, 0.2) is 24.3 Å². The Bertz CT molecular complexity index is 246. The molecule has 0 aliphatic carbocycles. The summed E-state index contributed by atoms with van der Waals surface area (Å²) < 4.78 is 10.6. The third kappa shape index (κ3) is 6.46. The standard InChI is InChI=1S/C14H21O2/c1-15-12-8-3-2-4-9-13-16-14-10-6-5-7-11-14/h5-6,10-11H,2-4,8-9,12-13H2,1H3. The smallest absolute Gasteiger partial charge is 0.119 e. The molecule has 1 aromatic rings. The van der Waals surface area contributed by atoms with E-state index in [1.165, 1.54) is 25.7 Å². The second kappa shape index (κ2) is 9.22. The average molecular weight is 221 g/mol. The molecule has 2 nitrogen and oxygen atoms in total. The lowest BCUT2D eigenvalue weighted by atomic mass is 10.1. The van der Waals surface area contributed by atoms with Crippen molar-refractivity contribution in [2.24, 2.45) is 0 Å². The Kier molecular flexibility index (Phi) is 7.52. The molecule has 0 aliphatic heterocycles. The van der Waals surface area contributed by atoms with Crippen molar-refractivity contribution in [3.63, 3.8) is 0 Å². The Morgan fingerprint density at radius 1 is 1.06 bits per heavy atom. The highest BCUT2D eigenvalue weighted by molar-refractivity contribution is 5.19. The molecule has 0 aliphatic rings. The Balaban J connectivity index is 1.89. The van der Waals surface area contributed by atoms with E-state index in [1.54, 1.807) is 7.11 Å². The first-order valence-electron chi connectivity index (χ1n) is 6.01. The van der Waals surface area contributed by atoms with Gasteiger partial charge in [0, 0.05) is 13.7 Å². The zero-order valence-electron chi connectivity index (χ0n) is 10.1. The highest BCUT2D eigenvalue weighted by atomic mass is 16.5. The van der Waals surface area contributed by atoms with E-state index in [9.17, 15) is 0 Å². The zero-order chi connectivity index (χ0) is 11.5. The molecule has 2 heteroatoms. The highest BCUT2D eigenvalue weighted by Crippen LogP contribution is 2.09. The van der Waals surface area contributed by atoms with Gasteiger partial charge in [-0.15, -0.1) is 0 Å². The van der Waals surface area contributed by atoms with E-state index in [4.69, 9.17) is 9.47 Å². The van der Waals surface area contributed by atoms with Crippen molar-refractivity contribution in [2.45, 2.75) is 32.1 Å². The predicted octanol–water partition coefficient (Wildman–Crippen LogP) is 3.46. The fourth-order valence-corrected chi connectivity index (χ4v) is 1.54. The van der Waals surface area contributed by atoms with Crippen LogP contribution in [0.3, 0.4) is 0 Å². The van der Waals surface area contributed by atoms with Gasteiger partial charge >= 0.3 is 0 Å². The minimum absolute atomic E-state index is 0.808. The maximum atomic E-state index is 5.58. The number of unbranched alkanes of at least 4 members (excludes halogenated alkanes) is 4. The molecule has 0 amide bonds. The van der Waals surface area contributed by atoms with E-state index >= 15 is 0 Å². The monoisotopic (exact) mass is 221 g/mol. The maximum Gasteiger partial charge on any atom is 0.119 e. The van der Waals surface area contributed by atoms with Crippen LogP contribution >= 0.6 is 0 Å². The Labute approximate surface area is 98.6 Å². The summed E-state index contributed by atoms with van der Waals surface area (Å²) in [5.41, 5.74) is 0. The second-order valence-electron chi connectivity index (χ2n) is 3.85. The van der Waals surface area contributed by atoms with Crippen molar-refractivity contribution in [3.8, 4) is 5.75 Å². The fraction of sp³-hybridized carbons (Fsp3) is 0.571. The lowest BCUT2D eigenvalue weighted by molar-refractivity contribution is 0.191. The van der Waals surface area contributed by atoms with E-state index in [2.05, 4.69) is 6.07 Å². The molecule has 1 aromatic carbocycles. The topological polar surface area (TPSA) is 18.5 Å². The fourth-order valence-electron chi connectivity index (χ4n) is 1.54. The summed E-state index contributed by atoms with van der Waals surface area (Å²) in [4.78, 5) is 0. The molecular formula is C14H21O2. The second-order valence-corrected chi connectivity index (χ2v) is 3.85. The molecule has 0 unspecified atom stereocenters. The number of ether oxygens (including phenoxy) is 2. The minimum atomic E-state index is 0.808. The number of benzene rings is 1. The van der Waals surface area contributed by atoms with E-state index in [0.717, 1.165) is 25.4 Å². The van der Waals surface area contributed by atoms with Crippen molar-refractivity contribution in [1.82, 2.24) is 0 Å². The van der Waals surface area contributed by atoms with Crippen LogP contribution in [0.4, 0.5) is 0 Å². The normalized spacial score (nSPS) is 10.3. The largest absolute Gasteiger partial charge is 0.494 e. The molecule has 0 N–H and O–H groups in total. The molecule has 0 saturated carbocycles. The van der Waals surface area contributed by atoms with E-state index in [0.29, 0.717) is 0 Å². The first-order valence-corrected chi connectivity index (χ1v) is 6.01. The highest BCUT2D eigenvalue weighted by Gasteiger charge is 1.93. The average Bonchev–Trinajstić information content (AvgIpc) is 2.34. The predicted molar refractivity (Wildman–Crippen MR) is 65.7 cm³/mol. The SMILES string of the molecule is COCCCCCCCOc1c[c]ccc1. The quantitative estimate of drug-likeness (QED) is 0.594. The van der Waals surface area contributed by atoms with Crippen LogP contribution in [-0.2, 0) is 4.74 Å². The van der Waals surface area contributed by atoms with Crippen molar-refractivity contribution in [3.05, 3.63) is 30.3 Å². The summed E-state index contributed by atoms with van der Waals surface area (Å²) in [7, 11) is 1.75. The first kappa shape index (κ1) is 13.0.